The number of aromatic nitrogens is 2. The number of ether oxygens (including phenoxy) is 1. The molecule has 4 heteroatoms. The van der Waals surface area contributed by atoms with Gasteiger partial charge in [0.2, 0.25) is 0 Å². The van der Waals surface area contributed by atoms with Crippen LogP contribution in [0.15, 0.2) is 24.5 Å². The molecule has 0 saturated carbocycles. The van der Waals surface area contributed by atoms with E-state index >= 15 is 0 Å². The standard InChI is InChI=1S/C12H15N3O/c13-6-9-2-1-4-15-11(9)7-14-12(15)10-3-5-16-8-10/h1-2,4,7,10H,3,5-6,8,13H2. The minimum atomic E-state index is 0.426. The summed E-state index contributed by atoms with van der Waals surface area (Å²) in [6.07, 6.45) is 5.02. The molecule has 1 atom stereocenters. The fourth-order valence-electron chi connectivity index (χ4n) is 2.31. The van der Waals surface area contributed by atoms with E-state index in [0.29, 0.717) is 12.5 Å². The summed E-state index contributed by atoms with van der Waals surface area (Å²) in [5, 5.41) is 0. The molecule has 84 valence electrons. The Morgan fingerprint density at radius 1 is 1.56 bits per heavy atom. The van der Waals surface area contributed by atoms with E-state index in [2.05, 4.69) is 15.6 Å². The monoisotopic (exact) mass is 217 g/mol. The molecule has 0 amide bonds. The molecule has 3 heterocycles. The molecule has 4 nitrogen and oxygen atoms in total. The highest BCUT2D eigenvalue weighted by atomic mass is 16.5. The molecular formula is C12H15N3O. The summed E-state index contributed by atoms with van der Waals surface area (Å²) in [5.74, 6) is 1.53. The Hall–Kier alpha value is -1.39. The van der Waals surface area contributed by atoms with Crippen LogP contribution in [0, 0.1) is 0 Å². The third kappa shape index (κ3) is 1.42. The van der Waals surface area contributed by atoms with Crippen LogP contribution < -0.4 is 5.73 Å². The van der Waals surface area contributed by atoms with Gasteiger partial charge in [0.15, 0.2) is 0 Å². The van der Waals surface area contributed by atoms with Crippen LogP contribution in [0.4, 0.5) is 0 Å². The van der Waals surface area contributed by atoms with Crippen molar-refractivity contribution in [2.45, 2.75) is 18.9 Å². The first-order chi connectivity index (χ1) is 7.90. The van der Waals surface area contributed by atoms with Gasteiger partial charge in [0.25, 0.3) is 0 Å². The summed E-state index contributed by atoms with van der Waals surface area (Å²) in [5.41, 5.74) is 7.97. The number of hydrogen-bond donors (Lipinski definition) is 1. The van der Waals surface area contributed by atoms with E-state index in [-0.39, 0.29) is 0 Å². The van der Waals surface area contributed by atoms with E-state index in [1.807, 2.05) is 18.3 Å². The van der Waals surface area contributed by atoms with E-state index in [4.69, 9.17) is 10.5 Å². The predicted molar refractivity (Wildman–Crippen MR) is 61.3 cm³/mol. The van der Waals surface area contributed by atoms with E-state index in [1.54, 1.807) is 0 Å². The van der Waals surface area contributed by atoms with E-state index in [9.17, 15) is 0 Å². The number of hydrogen-bond acceptors (Lipinski definition) is 3. The zero-order valence-electron chi connectivity index (χ0n) is 9.10. The molecule has 0 spiro atoms. The first-order valence-corrected chi connectivity index (χ1v) is 5.63. The molecule has 1 aliphatic heterocycles. The number of rotatable bonds is 2. The topological polar surface area (TPSA) is 52.5 Å². The minimum Gasteiger partial charge on any atom is -0.381 e. The van der Waals surface area contributed by atoms with Gasteiger partial charge in [-0.2, -0.15) is 0 Å². The lowest BCUT2D eigenvalue weighted by atomic mass is 10.1. The third-order valence-corrected chi connectivity index (χ3v) is 3.20. The quantitative estimate of drug-likeness (QED) is 0.824. The second-order valence-corrected chi connectivity index (χ2v) is 4.17. The summed E-state index contributed by atoms with van der Waals surface area (Å²) in [4.78, 5) is 4.51. The molecule has 0 aromatic carbocycles. The highest BCUT2D eigenvalue weighted by molar-refractivity contribution is 5.54. The van der Waals surface area contributed by atoms with Crippen molar-refractivity contribution in [3.8, 4) is 0 Å². The van der Waals surface area contributed by atoms with Crippen molar-refractivity contribution in [1.82, 2.24) is 9.38 Å². The van der Waals surface area contributed by atoms with Crippen LogP contribution in [0.2, 0.25) is 0 Å². The zero-order valence-corrected chi connectivity index (χ0v) is 9.10. The van der Waals surface area contributed by atoms with Crippen LogP contribution in [-0.4, -0.2) is 22.6 Å². The first kappa shape index (κ1) is 9.81. The Morgan fingerprint density at radius 3 is 3.25 bits per heavy atom. The number of imidazole rings is 1. The maximum atomic E-state index is 5.71. The van der Waals surface area contributed by atoms with Crippen molar-refractivity contribution >= 4 is 5.52 Å². The van der Waals surface area contributed by atoms with Crippen LogP contribution in [0.1, 0.15) is 23.7 Å². The zero-order chi connectivity index (χ0) is 11.0. The van der Waals surface area contributed by atoms with Gasteiger partial charge in [0.05, 0.1) is 18.3 Å². The average molecular weight is 217 g/mol. The largest absolute Gasteiger partial charge is 0.381 e. The highest BCUT2D eigenvalue weighted by Gasteiger charge is 2.22. The molecule has 1 saturated heterocycles. The molecule has 2 aromatic rings. The summed E-state index contributed by atoms with van der Waals surface area (Å²) in [7, 11) is 0. The van der Waals surface area contributed by atoms with Gasteiger partial charge in [-0.05, 0) is 18.1 Å². The number of pyridine rings is 1. The van der Waals surface area contributed by atoms with Gasteiger partial charge in [0.1, 0.15) is 5.82 Å². The summed E-state index contributed by atoms with van der Waals surface area (Å²) in [6.45, 7) is 2.18. The third-order valence-electron chi connectivity index (χ3n) is 3.20. The number of nitrogens with two attached hydrogens (primary N) is 1. The molecule has 3 rings (SSSR count). The lowest BCUT2D eigenvalue weighted by Gasteiger charge is -2.07. The summed E-state index contributed by atoms with van der Waals surface area (Å²) >= 11 is 0. The number of nitrogens with zero attached hydrogens (tertiary/aromatic N) is 2. The van der Waals surface area contributed by atoms with Crippen molar-refractivity contribution in [2.24, 2.45) is 5.73 Å². The van der Waals surface area contributed by atoms with Gasteiger partial charge in [-0.25, -0.2) is 4.98 Å². The smallest absolute Gasteiger partial charge is 0.118 e. The van der Waals surface area contributed by atoms with Crippen LogP contribution >= 0.6 is 0 Å². The van der Waals surface area contributed by atoms with Crippen molar-refractivity contribution in [2.75, 3.05) is 13.2 Å². The Bertz CT molecular complexity index is 500. The van der Waals surface area contributed by atoms with Crippen LogP contribution in [0.25, 0.3) is 5.52 Å². The average Bonchev–Trinajstić information content (AvgIpc) is 2.96. The van der Waals surface area contributed by atoms with Crippen LogP contribution in [0.5, 0.6) is 0 Å². The van der Waals surface area contributed by atoms with E-state index < -0.39 is 0 Å². The SMILES string of the molecule is NCc1cccn2c(C3CCOC3)ncc12. The summed E-state index contributed by atoms with van der Waals surface area (Å²) in [6, 6.07) is 4.07. The van der Waals surface area contributed by atoms with Gasteiger partial charge in [-0.1, -0.05) is 6.07 Å². The van der Waals surface area contributed by atoms with Gasteiger partial charge in [0, 0.05) is 25.3 Å². The van der Waals surface area contributed by atoms with Crippen molar-refractivity contribution < 1.29 is 4.74 Å². The maximum Gasteiger partial charge on any atom is 0.118 e. The Morgan fingerprint density at radius 2 is 2.50 bits per heavy atom. The van der Waals surface area contributed by atoms with Crippen molar-refractivity contribution in [3.63, 3.8) is 0 Å². The van der Waals surface area contributed by atoms with Gasteiger partial charge in [-0.3, -0.25) is 0 Å². The highest BCUT2D eigenvalue weighted by Crippen LogP contribution is 2.25. The molecule has 2 N–H and O–H groups in total. The Balaban J connectivity index is 2.12. The molecule has 16 heavy (non-hydrogen) atoms. The van der Waals surface area contributed by atoms with Gasteiger partial charge >= 0.3 is 0 Å². The molecule has 0 radical (unpaired) electrons. The normalized spacial score (nSPS) is 20.7. The minimum absolute atomic E-state index is 0.426. The second-order valence-electron chi connectivity index (χ2n) is 4.17. The molecule has 1 aliphatic rings. The number of fused-ring (bicyclic) bond motifs is 1. The Kier molecular flexibility index (Phi) is 2.38. The van der Waals surface area contributed by atoms with Crippen molar-refractivity contribution in [1.29, 1.82) is 0 Å². The van der Waals surface area contributed by atoms with E-state index in [0.717, 1.165) is 36.5 Å². The Labute approximate surface area is 94.0 Å². The van der Waals surface area contributed by atoms with Gasteiger partial charge in [-0.15, -0.1) is 0 Å². The lowest BCUT2D eigenvalue weighted by Crippen LogP contribution is -2.05. The first-order valence-electron chi connectivity index (χ1n) is 5.63. The molecule has 0 aliphatic carbocycles. The fourth-order valence-corrected chi connectivity index (χ4v) is 2.31. The molecule has 1 fully saturated rings. The maximum absolute atomic E-state index is 5.71. The predicted octanol–water partition coefficient (Wildman–Crippen LogP) is 1.30. The van der Waals surface area contributed by atoms with E-state index in [1.165, 1.54) is 0 Å². The molecule has 1 unspecified atom stereocenters. The van der Waals surface area contributed by atoms with Gasteiger partial charge < -0.3 is 14.9 Å². The second kappa shape index (κ2) is 3.88. The van der Waals surface area contributed by atoms with Crippen molar-refractivity contribution in [3.05, 3.63) is 35.9 Å². The summed E-state index contributed by atoms with van der Waals surface area (Å²) < 4.78 is 7.55. The van der Waals surface area contributed by atoms with Crippen LogP contribution in [0.3, 0.4) is 0 Å². The molecule has 0 bridgehead atoms. The lowest BCUT2D eigenvalue weighted by molar-refractivity contribution is 0.193. The molecule has 2 aromatic heterocycles. The van der Waals surface area contributed by atoms with Crippen LogP contribution in [-0.2, 0) is 11.3 Å². The fraction of sp³-hybridized carbons (Fsp3) is 0.417. The molecular weight excluding hydrogens is 202 g/mol.